The third kappa shape index (κ3) is 3.50. The average molecular weight is 531 g/mol. The maximum atomic E-state index is 5.28. The van der Waals surface area contributed by atoms with Crippen LogP contribution in [0.3, 0.4) is 0 Å². The van der Waals surface area contributed by atoms with Crippen molar-refractivity contribution in [2.45, 2.75) is 101 Å². The maximum Gasteiger partial charge on any atom is 0.142 e. The molecule has 3 aromatic heterocycles. The smallest absolute Gasteiger partial charge is 0.142 e. The van der Waals surface area contributed by atoms with E-state index in [2.05, 4.69) is 34.2 Å². The summed E-state index contributed by atoms with van der Waals surface area (Å²) in [6, 6.07) is 8.43. The SMILES string of the molecule is c1ccc2c3nc4[nH]c(nc5nc(nc6nc(nc([nH]3)c2c1)[C@H]1CCCCC61)[C@H]1CCCCC51)c1c4CCCC1. The van der Waals surface area contributed by atoms with Crippen molar-refractivity contribution < 1.29 is 0 Å². The molecule has 0 spiro atoms. The van der Waals surface area contributed by atoms with Gasteiger partial charge in [-0.2, -0.15) is 0 Å². The number of nitrogens with one attached hydrogen (secondary N) is 2. The Morgan fingerprint density at radius 2 is 0.850 bits per heavy atom. The second kappa shape index (κ2) is 8.91. The first kappa shape index (κ1) is 23.1. The summed E-state index contributed by atoms with van der Waals surface area (Å²) < 4.78 is 0. The Morgan fingerprint density at radius 1 is 0.450 bits per heavy atom. The highest BCUT2D eigenvalue weighted by molar-refractivity contribution is 6.04. The molecule has 4 atom stereocenters. The van der Waals surface area contributed by atoms with Gasteiger partial charge in [-0.3, -0.25) is 0 Å². The molecule has 40 heavy (non-hydrogen) atoms. The van der Waals surface area contributed by atoms with Gasteiger partial charge in [0.1, 0.15) is 45.9 Å². The molecule has 3 aliphatic carbocycles. The van der Waals surface area contributed by atoms with Gasteiger partial charge in [-0.15, -0.1) is 0 Å². The molecule has 2 aliphatic heterocycles. The first-order chi connectivity index (χ1) is 19.8. The van der Waals surface area contributed by atoms with Gasteiger partial charge in [0, 0.05) is 45.6 Å². The van der Waals surface area contributed by atoms with Crippen LogP contribution in [0.1, 0.15) is 122 Å². The third-order valence-corrected chi connectivity index (χ3v) is 10.2. The van der Waals surface area contributed by atoms with E-state index in [0.717, 1.165) is 95.2 Å². The molecule has 0 radical (unpaired) electrons. The van der Waals surface area contributed by atoms with Crippen molar-refractivity contribution in [1.82, 2.24) is 39.9 Å². The van der Waals surface area contributed by atoms with Crippen LogP contribution < -0.4 is 0 Å². The van der Waals surface area contributed by atoms with Gasteiger partial charge in [0.15, 0.2) is 0 Å². The summed E-state index contributed by atoms with van der Waals surface area (Å²) in [7, 11) is 0. The van der Waals surface area contributed by atoms with Crippen molar-refractivity contribution >= 4 is 33.4 Å². The van der Waals surface area contributed by atoms with Crippen LogP contribution in [0.2, 0.25) is 0 Å². The number of aromatic amines is 2. The lowest BCUT2D eigenvalue weighted by Crippen LogP contribution is -2.15. The van der Waals surface area contributed by atoms with Crippen LogP contribution in [-0.4, -0.2) is 39.9 Å². The van der Waals surface area contributed by atoms with Gasteiger partial charge in [0.25, 0.3) is 0 Å². The Bertz CT molecular complexity index is 1820. The van der Waals surface area contributed by atoms with Gasteiger partial charge < -0.3 is 9.97 Å². The zero-order valence-electron chi connectivity index (χ0n) is 22.8. The van der Waals surface area contributed by atoms with Crippen LogP contribution in [0.4, 0.5) is 0 Å². The number of aryl methyl sites for hydroxylation is 2. The standard InChI is InChI=1S/C32H34N8/c1-2-10-18-17(9-1)25-33-26(18)38-28-21-13-5-6-14-22(21)30(35-28)40-32-24-16-8-7-15-23(24)31(36-32)39-29-20-12-4-3-11-19(20)27(34-29)37-25/h1-2,9-10,19-20,23-24H,3-8,11-16H2,(H2,33,34,35,36,37,38,39,40)/t19-,20?,23-,24?/m0/s1. The summed E-state index contributed by atoms with van der Waals surface area (Å²) >= 11 is 0. The Hall–Kier alpha value is -3.68. The lowest BCUT2D eigenvalue weighted by atomic mass is 9.79. The fourth-order valence-corrected chi connectivity index (χ4v) is 8.16. The molecule has 9 rings (SSSR count). The molecule has 5 heterocycles. The minimum Gasteiger partial charge on any atom is -0.324 e. The first-order valence-electron chi connectivity index (χ1n) is 15.4. The number of hydrogen-bond acceptors (Lipinski definition) is 6. The van der Waals surface area contributed by atoms with Crippen molar-refractivity contribution in [1.29, 1.82) is 0 Å². The fraction of sp³-hybridized carbons (Fsp3) is 0.500. The van der Waals surface area contributed by atoms with Crippen molar-refractivity contribution in [3.8, 4) is 0 Å². The molecular weight excluding hydrogens is 496 g/mol. The van der Waals surface area contributed by atoms with Gasteiger partial charge in [-0.1, -0.05) is 49.9 Å². The molecule has 8 bridgehead atoms. The predicted molar refractivity (Wildman–Crippen MR) is 154 cm³/mol. The minimum atomic E-state index is 0.320. The summed E-state index contributed by atoms with van der Waals surface area (Å²) in [5, 5.41) is 2.17. The van der Waals surface area contributed by atoms with E-state index in [-0.39, 0.29) is 0 Å². The molecule has 4 aromatic rings. The van der Waals surface area contributed by atoms with Gasteiger partial charge >= 0.3 is 0 Å². The zero-order valence-corrected chi connectivity index (χ0v) is 22.8. The van der Waals surface area contributed by atoms with Gasteiger partial charge in [0.2, 0.25) is 0 Å². The second-order valence-corrected chi connectivity index (χ2v) is 12.5. The van der Waals surface area contributed by atoms with Gasteiger partial charge in [-0.05, 0) is 51.4 Å². The Labute approximate surface area is 232 Å². The molecule has 8 heteroatoms. The van der Waals surface area contributed by atoms with E-state index in [1.165, 1.54) is 49.7 Å². The van der Waals surface area contributed by atoms with E-state index in [1.54, 1.807) is 0 Å². The van der Waals surface area contributed by atoms with Crippen molar-refractivity contribution in [2.24, 2.45) is 0 Å². The number of fused-ring (bicyclic) bond motifs is 20. The number of H-pyrrole nitrogens is 2. The quantitative estimate of drug-likeness (QED) is 0.258. The normalized spacial score (nSPS) is 25.8. The number of hydrogen-bond donors (Lipinski definition) is 2. The number of aromatic nitrogens is 8. The second-order valence-electron chi connectivity index (χ2n) is 12.5. The predicted octanol–water partition coefficient (Wildman–Crippen LogP) is 6.81. The van der Waals surface area contributed by atoms with Gasteiger partial charge in [0.05, 0.1) is 0 Å². The monoisotopic (exact) mass is 530 g/mol. The van der Waals surface area contributed by atoms with Crippen LogP contribution >= 0.6 is 0 Å². The van der Waals surface area contributed by atoms with Crippen LogP contribution in [0, 0.1) is 0 Å². The Kier molecular flexibility index (Phi) is 5.14. The number of benzene rings is 1. The summed E-state index contributed by atoms with van der Waals surface area (Å²) in [5.74, 6) is 5.12. The van der Waals surface area contributed by atoms with Crippen LogP contribution in [0.25, 0.3) is 33.4 Å². The molecule has 5 aliphatic rings. The highest BCUT2D eigenvalue weighted by Gasteiger charge is 2.40. The average Bonchev–Trinajstić information content (AvgIpc) is 3.73. The third-order valence-electron chi connectivity index (χ3n) is 10.2. The molecule has 2 unspecified atom stereocenters. The van der Waals surface area contributed by atoms with E-state index >= 15 is 0 Å². The van der Waals surface area contributed by atoms with Gasteiger partial charge in [-0.25, -0.2) is 29.9 Å². The Balaban J connectivity index is 1.41. The number of nitrogens with zero attached hydrogens (tertiary/aromatic N) is 6. The van der Waals surface area contributed by atoms with Crippen LogP contribution in [-0.2, 0) is 12.8 Å². The molecule has 2 fully saturated rings. The van der Waals surface area contributed by atoms with Crippen molar-refractivity contribution in [3.05, 3.63) is 58.7 Å². The maximum absolute atomic E-state index is 5.28. The fourth-order valence-electron chi connectivity index (χ4n) is 8.16. The molecular formula is C32H34N8. The number of rotatable bonds is 0. The molecule has 0 amide bonds. The van der Waals surface area contributed by atoms with Crippen LogP contribution in [0.5, 0.6) is 0 Å². The van der Waals surface area contributed by atoms with E-state index in [4.69, 9.17) is 29.9 Å². The van der Waals surface area contributed by atoms with Crippen molar-refractivity contribution in [2.75, 3.05) is 0 Å². The van der Waals surface area contributed by atoms with Crippen LogP contribution in [0.15, 0.2) is 24.3 Å². The first-order valence-corrected chi connectivity index (χ1v) is 15.4. The molecule has 2 saturated carbocycles. The molecule has 2 N–H and O–H groups in total. The summed E-state index contributed by atoms with van der Waals surface area (Å²) in [6.07, 6.45) is 13.8. The lowest BCUT2D eigenvalue weighted by Gasteiger charge is -2.25. The summed E-state index contributed by atoms with van der Waals surface area (Å²) in [4.78, 5) is 38.6. The Morgan fingerprint density at radius 3 is 1.38 bits per heavy atom. The zero-order chi connectivity index (χ0) is 26.2. The molecule has 202 valence electrons. The van der Waals surface area contributed by atoms with E-state index in [0.29, 0.717) is 23.7 Å². The van der Waals surface area contributed by atoms with Crippen molar-refractivity contribution in [3.63, 3.8) is 0 Å². The van der Waals surface area contributed by atoms with E-state index in [1.807, 2.05) is 0 Å². The lowest BCUT2D eigenvalue weighted by molar-refractivity contribution is 0.380. The highest BCUT2D eigenvalue weighted by Crippen LogP contribution is 2.48. The summed E-state index contributed by atoms with van der Waals surface area (Å²) in [5.41, 5.74) is 6.19. The topological polar surface area (TPSA) is 109 Å². The largest absolute Gasteiger partial charge is 0.324 e. The molecule has 8 nitrogen and oxygen atoms in total. The summed E-state index contributed by atoms with van der Waals surface area (Å²) in [6.45, 7) is 0. The molecule has 0 saturated heterocycles. The minimum absolute atomic E-state index is 0.320. The van der Waals surface area contributed by atoms with E-state index in [9.17, 15) is 0 Å². The molecule has 1 aromatic carbocycles. The highest BCUT2D eigenvalue weighted by atomic mass is 15.1. The van der Waals surface area contributed by atoms with E-state index < -0.39 is 0 Å².